The summed E-state index contributed by atoms with van der Waals surface area (Å²) in [6.07, 6.45) is 4.14. The summed E-state index contributed by atoms with van der Waals surface area (Å²) >= 11 is 0. The second-order valence-electron chi connectivity index (χ2n) is 6.20. The highest BCUT2D eigenvalue weighted by Gasteiger charge is 2.36. The first-order valence-corrected chi connectivity index (χ1v) is 8.61. The third-order valence-electron chi connectivity index (χ3n) is 4.29. The maximum absolute atomic E-state index is 12.3. The Hall–Kier alpha value is -1.63. The average molecular weight is 370 g/mol. The van der Waals surface area contributed by atoms with Crippen LogP contribution in [0.25, 0.3) is 0 Å². The van der Waals surface area contributed by atoms with E-state index in [2.05, 4.69) is 10.6 Å². The van der Waals surface area contributed by atoms with Gasteiger partial charge >= 0.3 is 0 Å². The van der Waals surface area contributed by atoms with E-state index in [4.69, 9.17) is 10.5 Å². The molecule has 6 nitrogen and oxygen atoms in total. The number of halogens is 1. The van der Waals surface area contributed by atoms with Gasteiger partial charge in [-0.2, -0.15) is 0 Å². The summed E-state index contributed by atoms with van der Waals surface area (Å²) in [6.45, 7) is 3.81. The molecule has 0 aromatic heterocycles. The van der Waals surface area contributed by atoms with Gasteiger partial charge < -0.3 is 21.1 Å². The van der Waals surface area contributed by atoms with E-state index in [0.717, 1.165) is 19.3 Å². The summed E-state index contributed by atoms with van der Waals surface area (Å²) in [5.41, 5.74) is 6.48. The number of carbonyl (C=O) groups excluding carboxylic acids is 2. The number of rotatable bonds is 8. The van der Waals surface area contributed by atoms with E-state index >= 15 is 0 Å². The predicted octanol–water partition coefficient (Wildman–Crippen LogP) is 2.47. The number of ether oxygens (including phenoxy) is 1. The van der Waals surface area contributed by atoms with Crippen LogP contribution < -0.4 is 16.4 Å². The Balaban J connectivity index is 0.00000312. The van der Waals surface area contributed by atoms with E-state index < -0.39 is 5.54 Å². The standard InChI is InChI=1S/C18H27N3O3.ClH/c1-2-24-12-6-11-20-16(22)14-7-5-8-15(13-14)21-17(23)18(19)9-3-4-10-18;/h5,7-8,13H,2-4,6,9-12,19H2,1H3,(H,20,22)(H,21,23);1H. The number of hydrogen-bond acceptors (Lipinski definition) is 4. The molecule has 0 saturated heterocycles. The number of hydrogen-bond donors (Lipinski definition) is 3. The molecule has 1 aromatic carbocycles. The van der Waals surface area contributed by atoms with Crippen molar-refractivity contribution < 1.29 is 14.3 Å². The molecule has 2 rings (SSSR count). The zero-order valence-electron chi connectivity index (χ0n) is 14.7. The summed E-state index contributed by atoms with van der Waals surface area (Å²) < 4.78 is 5.23. The normalized spacial score (nSPS) is 15.3. The molecule has 4 N–H and O–H groups in total. The molecule has 1 saturated carbocycles. The van der Waals surface area contributed by atoms with E-state index in [1.165, 1.54) is 0 Å². The molecule has 1 aromatic rings. The zero-order valence-corrected chi connectivity index (χ0v) is 15.5. The van der Waals surface area contributed by atoms with Gasteiger partial charge in [0.25, 0.3) is 5.91 Å². The zero-order chi connectivity index (χ0) is 17.4. The third-order valence-corrected chi connectivity index (χ3v) is 4.29. The molecule has 0 unspecified atom stereocenters. The van der Waals surface area contributed by atoms with Crippen molar-refractivity contribution in [2.24, 2.45) is 5.73 Å². The smallest absolute Gasteiger partial charge is 0.251 e. The topological polar surface area (TPSA) is 93.5 Å². The van der Waals surface area contributed by atoms with Crippen molar-refractivity contribution in [1.29, 1.82) is 0 Å². The van der Waals surface area contributed by atoms with Crippen LogP contribution in [-0.4, -0.2) is 37.1 Å². The lowest BCUT2D eigenvalue weighted by Crippen LogP contribution is -2.48. The fourth-order valence-corrected chi connectivity index (χ4v) is 2.85. The minimum absolute atomic E-state index is 0. The van der Waals surface area contributed by atoms with Crippen LogP contribution in [0.4, 0.5) is 5.69 Å². The lowest BCUT2D eigenvalue weighted by Gasteiger charge is -2.22. The summed E-state index contributed by atoms with van der Waals surface area (Å²) in [6, 6.07) is 6.92. The van der Waals surface area contributed by atoms with Gasteiger partial charge in [0.15, 0.2) is 0 Å². The molecular formula is C18H28ClN3O3. The Morgan fingerprint density at radius 1 is 1.28 bits per heavy atom. The van der Waals surface area contributed by atoms with Gasteiger partial charge in [-0.25, -0.2) is 0 Å². The van der Waals surface area contributed by atoms with Crippen LogP contribution in [0.15, 0.2) is 24.3 Å². The van der Waals surface area contributed by atoms with Gasteiger partial charge in [0.1, 0.15) is 0 Å². The highest BCUT2D eigenvalue weighted by molar-refractivity contribution is 6.00. The Morgan fingerprint density at radius 2 is 2.00 bits per heavy atom. The summed E-state index contributed by atoms with van der Waals surface area (Å²) in [7, 11) is 0. The van der Waals surface area contributed by atoms with Gasteiger partial charge in [-0.05, 0) is 44.4 Å². The van der Waals surface area contributed by atoms with Crippen LogP contribution >= 0.6 is 12.4 Å². The molecule has 25 heavy (non-hydrogen) atoms. The van der Waals surface area contributed by atoms with E-state index in [1.54, 1.807) is 24.3 Å². The van der Waals surface area contributed by atoms with E-state index in [1.807, 2.05) is 6.92 Å². The number of carbonyl (C=O) groups is 2. The van der Waals surface area contributed by atoms with Crippen LogP contribution in [-0.2, 0) is 9.53 Å². The van der Waals surface area contributed by atoms with Crippen molar-refractivity contribution >= 4 is 29.9 Å². The molecule has 1 aliphatic rings. The first-order chi connectivity index (χ1) is 11.5. The molecule has 7 heteroatoms. The lowest BCUT2D eigenvalue weighted by molar-refractivity contribution is -0.121. The molecule has 0 atom stereocenters. The van der Waals surface area contributed by atoms with Crippen LogP contribution in [0.3, 0.4) is 0 Å². The van der Waals surface area contributed by atoms with Gasteiger partial charge in [-0.3, -0.25) is 9.59 Å². The highest BCUT2D eigenvalue weighted by Crippen LogP contribution is 2.28. The minimum Gasteiger partial charge on any atom is -0.382 e. The lowest BCUT2D eigenvalue weighted by atomic mass is 9.98. The van der Waals surface area contributed by atoms with Crippen molar-refractivity contribution in [3.8, 4) is 0 Å². The van der Waals surface area contributed by atoms with Crippen molar-refractivity contribution in [1.82, 2.24) is 5.32 Å². The second-order valence-corrected chi connectivity index (χ2v) is 6.20. The Labute approximate surface area is 155 Å². The summed E-state index contributed by atoms with van der Waals surface area (Å²) in [5, 5.41) is 5.68. The minimum atomic E-state index is -0.780. The van der Waals surface area contributed by atoms with Gasteiger partial charge in [-0.15, -0.1) is 12.4 Å². The van der Waals surface area contributed by atoms with E-state index in [-0.39, 0.29) is 24.2 Å². The van der Waals surface area contributed by atoms with Crippen molar-refractivity contribution in [3.63, 3.8) is 0 Å². The summed E-state index contributed by atoms with van der Waals surface area (Å²) in [5.74, 6) is -0.333. The Bertz CT molecular complexity index is 574. The molecule has 0 aliphatic heterocycles. The molecular weight excluding hydrogens is 342 g/mol. The number of nitrogens with two attached hydrogens (primary N) is 1. The number of amides is 2. The molecule has 2 amide bonds. The molecule has 140 valence electrons. The van der Waals surface area contributed by atoms with Crippen LogP contribution in [0.2, 0.25) is 0 Å². The molecule has 1 aliphatic carbocycles. The predicted molar refractivity (Wildman–Crippen MR) is 101 cm³/mol. The monoisotopic (exact) mass is 369 g/mol. The van der Waals surface area contributed by atoms with Crippen LogP contribution in [0.1, 0.15) is 49.4 Å². The summed E-state index contributed by atoms with van der Waals surface area (Å²) in [4.78, 5) is 24.5. The molecule has 0 spiro atoms. The quantitative estimate of drug-likeness (QED) is 0.613. The van der Waals surface area contributed by atoms with Gasteiger partial charge in [0, 0.05) is 31.0 Å². The largest absolute Gasteiger partial charge is 0.382 e. The van der Waals surface area contributed by atoms with Crippen molar-refractivity contribution in [2.45, 2.75) is 44.6 Å². The molecule has 1 fully saturated rings. The fourth-order valence-electron chi connectivity index (χ4n) is 2.85. The van der Waals surface area contributed by atoms with Gasteiger partial charge in [0.05, 0.1) is 5.54 Å². The SMILES string of the molecule is CCOCCCNC(=O)c1cccc(NC(=O)C2(N)CCCC2)c1.Cl. The van der Waals surface area contributed by atoms with Gasteiger partial charge in [-0.1, -0.05) is 18.9 Å². The first kappa shape index (κ1) is 21.4. The van der Waals surface area contributed by atoms with Crippen LogP contribution in [0.5, 0.6) is 0 Å². The number of anilines is 1. The van der Waals surface area contributed by atoms with Gasteiger partial charge in [0.2, 0.25) is 5.91 Å². The average Bonchev–Trinajstić information content (AvgIpc) is 3.03. The maximum Gasteiger partial charge on any atom is 0.251 e. The Kier molecular flexibility index (Phi) is 8.89. The fraction of sp³-hybridized carbons (Fsp3) is 0.556. The number of benzene rings is 1. The van der Waals surface area contributed by atoms with E-state index in [9.17, 15) is 9.59 Å². The van der Waals surface area contributed by atoms with Crippen molar-refractivity contribution in [2.75, 3.05) is 25.1 Å². The molecule has 0 radical (unpaired) electrons. The first-order valence-electron chi connectivity index (χ1n) is 8.61. The second kappa shape index (κ2) is 10.4. The van der Waals surface area contributed by atoms with E-state index in [0.29, 0.717) is 43.9 Å². The van der Waals surface area contributed by atoms with Crippen LogP contribution in [0, 0.1) is 0 Å². The third kappa shape index (κ3) is 6.30. The highest BCUT2D eigenvalue weighted by atomic mass is 35.5. The Morgan fingerprint density at radius 3 is 2.68 bits per heavy atom. The molecule has 0 bridgehead atoms. The maximum atomic E-state index is 12.3. The number of nitrogens with one attached hydrogen (secondary N) is 2. The van der Waals surface area contributed by atoms with Crippen molar-refractivity contribution in [3.05, 3.63) is 29.8 Å². The molecule has 0 heterocycles.